The summed E-state index contributed by atoms with van der Waals surface area (Å²) in [6, 6.07) is 9.88. The Labute approximate surface area is 209 Å². The van der Waals surface area contributed by atoms with Crippen LogP contribution in [-0.4, -0.2) is 60.1 Å². The Morgan fingerprint density at radius 2 is 1.89 bits per heavy atom. The Bertz CT molecular complexity index is 1280. The lowest BCUT2D eigenvalue weighted by Gasteiger charge is -2.29. The Morgan fingerprint density at radius 1 is 1.11 bits per heavy atom. The lowest BCUT2D eigenvalue weighted by Crippen LogP contribution is -2.52. The molecule has 5 amide bonds. The molecule has 194 valence electrons. The van der Waals surface area contributed by atoms with Crippen molar-refractivity contribution < 1.29 is 37.1 Å². The predicted octanol–water partition coefficient (Wildman–Crippen LogP) is 2.99. The van der Waals surface area contributed by atoms with Crippen molar-refractivity contribution in [3.05, 3.63) is 59.2 Å². The zero-order valence-corrected chi connectivity index (χ0v) is 19.5. The Hall–Kier alpha value is -3.93. The van der Waals surface area contributed by atoms with Crippen molar-refractivity contribution in [1.82, 2.24) is 10.2 Å². The number of carbonyl (C=O) groups is 4. The van der Waals surface area contributed by atoms with Crippen LogP contribution in [0.1, 0.15) is 34.3 Å². The topological polar surface area (TPSA) is 108 Å². The summed E-state index contributed by atoms with van der Waals surface area (Å²) in [5.74, 6) is -1.23. The van der Waals surface area contributed by atoms with Crippen LogP contribution in [0.2, 0.25) is 0 Å². The molecule has 0 aromatic heterocycles. The number of fused-ring (bicyclic) bond motifs is 2. The summed E-state index contributed by atoms with van der Waals surface area (Å²) >= 11 is 0. The fourth-order valence-corrected chi connectivity index (χ4v) is 5.02. The van der Waals surface area contributed by atoms with Crippen LogP contribution >= 0.6 is 0 Å². The van der Waals surface area contributed by atoms with Crippen LogP contribution in [0.3, 0.4) is 0 Å². The number of rotatable bonds is 5. The highest BCUT2D eigenvalue weighted by Gasteiger charge is 2.40. The molecule has 9 nitrogen and oxygen atoms in total. The molecule has 1 fully saturated rings. The SMILES string of the molecule is O=C1CCC(N2Cc3cc(NC(=O)N4c5ccccc5C[C@H]4COCC(F)(F)F)ccc3C2=O)C(=O)N1. The predicted molar refractivity (Wildman–Crippen MR) is 125 cm³/mol. The van der Waals surface area contributed by atoms with Crippen LogP contribution in [0.25, 0.3) is 0 Å². The molecule has 0 aliphatic carbocycles. The number of benzene rings is 2. The number of anilines is 2. The van der Waals surface area contributed by atoms with E-state index >= 15 is 0 Å². The second-order valence-electron chi connectivity index (χ2n) is 9.19. The van der Waals surface area contributed by atoms with Crippen molar-refractivity contribution in [2.45, 2.75) is 44.1 Å². The third kappa shape index (κ3) is 5.01. The normalized spacial score (nSPS) is 21.1. The number of hydrogen-bond donors (Lipinski definition) is 2. The molecular formula is C25H23F3N4O5. The summed E-state index contributed by atoms with van der Waals surface area (Å²) < 4.78 is 42.6. The minimum absolute atomic E-state index is 0.142. The van der Waals surface area contributed by atoms with Crippen LogP contribution in [0.15, 0.2) is 42.5 Å². The van der Waals surface area contributed by atoms with Crippen molar-refractivity contribution in [2.24, 2.45) is 0 Å². The largest absolute Gasteiger partial charge is 0.411 e. The number of ether oxygens (including phenoxy) is 1. The number of carbonyl (C=O) groups excluding carboxylic acids is 4. The zero-order chi connectivity index (χ0) is 26.3. The number of imide groups is 1. The van der Waals surface area contributed by atoms with Crippen LogP contribution in [0, 0.1) is 0 Å². The number of urea groups is 1. The van der Waals surface area contributed by atoms with Gasteiger partial charge < -0.3 is 15.0 Å². The molecule has 0 saturated carbocycles. The van der Waals surface area contributed by atoms with Gasteiger partial charge in [0.15, 0.2) is 0 Å². The average molecular weight is 516 g/mol. The van der Waals surface area contributed by atoms with Gasteiger partial charge in [0.05, 0.1) is 12.6 Å². The highest BCUT2D eigenvalue weighted by Crippen LogP contribution is 2.34. The standard InChI is InChI=1S/C25H23F3N4O5/c26-25(27,28)13-37-12-17-10-14-3-1-2-4-19(14)32(17)24(36)29-16-5-6-18-15(9-16)11-31(23(18)35)20-7-8-21(33)30-22(20)34/h1-6,9,17,20H,7-8,10-13H2,(H,29,36)(H,30,33,34)/t17-,20?/m0/s1. The molecule has 1 unspecified atom stereocenters. The van der Waals surface area contributed by atoms with Gasteiger partial charge in [0, 0.05) is 29.9 Å². The van der Waals surface area contributed by atoms with Gasteiger partial charge in [-0.1, -0.05) is 18.2 Å². The molecule has 2 aromatic carbocycles. The average Bonchev–Trinajstić information content (AvgIpc) is 3.35. The fraction of sp³-hybridized carbons (Fsp3) is 0.360. The smallest absolute Gasteiger partial charge is 0.370 e. The van der Waals surface area contributed by atoms with E-state index in [2.05, 4.69) is 10.6 Å². The van der Waals surface area contributed by atoms with Crippen LogP contribution in [0.4, 0.5) is 29.3 Å². The van der Waals surface area contributed by atoms with Crippen LogP contribution < -0.4 is 15.5 Å². The molecule has 2 N–H and O–H groups in total. The Balaban J connectivity index is 1.30. The first kappa shape index (κ1) is 24.8. The second-order valence-corrected chi connectivity index (χ2v) is 9.19. The molecule has 0 radical (unpaired) electrons. The van der Waals surface area contributed by atoms with Gasteiger partial charge in [-0.25, -0.2) is 4.79 Å². The maximum absolute atomic E-state index is 13.3. The van der Waals surface area contributed by atoms with E-state index < -0.39 is 36.8 Å². The molecule has 5 rings (SSSR count). The van der Waals surface area contributed by atoms with Crippen molar-refractivity contribution in [1.29, 1.82) is 0 Å². The second kappa shape index (κ2) is 9.51. The van der Waals surface area contributed by atoms with Gasteiger partial charge >= 0.3 is 12.2 Å². The molecule has 3 aliphatic rings. The molecule has 12 heteroatoms. The van der Waals surface area contributed by atoms with Gasteiger partial charge in [0.1, 0.15) is 12.6 Å². The van der Waals surface area contributed by atoms with Gasteiger partial charge in [0.25, 0.3) is 5.91 Å². The number of halogens is 3. The first-order valence-electron chi connectivity index (χ1n) is 11.7. The monoisotopic (exact) mass is 516 g/mol. The third-order valence-electron chi connectivity index (χ3n) is 6.64. The molecule has 0 bridgehead atoms. The van der Waals surface area contributed by atoms with E-state index in [1.165, 1.54) is 9.80 Å². The third-order valence-corrected chi connectivity index (χ3v) is 6.64. The lowest BCUT2D eigenvalue weighted by molar-refractivity contribution is -0.174. The number of hydrogen-bond acceptors (Lipinski definition) is 5. The molecule has 3 heterocycles. The van der Waals surface area contributed by atoms with Gasteiger partial charge in [-0.2, -0.15) is 13.2 Å². The van der Waals surface area contributed by atoms with E-state index in [9.17, 15) is 32.3 Å². The van der Waals surface area contributed by atoms with Crippen LogP contribution in [-0.2, 0) is 27.3 Å². The number of para-hydroxylation sites is 1. The van der Waals surface area contributed by atoms with Gasteiger partial charge in [-0.15, -0.1) is 0 Å². The maximum Gasteiger partial charge on any atom is 0.411 e. The van der Waals surface area contributed by atoms with E-state index in [-0.39, 0.29) is 37.8 Å². The molecule has 0 spiro atoms. The first-order valence-corrected chi connectivity index (χ1v) is 11.7. The molecule has 2 aromatic rings. The van der Waals surface area contributed by atoms with Crippen molar-refractivity contribution >= 4 is 35.1 Å². The summed E-state index contributed by atoms with van der Waals surface area (Å²) in [5, 5.41) is 5.02. The summed E-state index contributed by atoms with van der Waals surface area (Å²) in [5.41, 5.74) is 2.80. The molecule has 2 atom stereocenters. The number of amides is 5. The Morgan fingerprint density at radius 3 is 2.65 bits per heavy atom. The molecule has 37 heavy (non-hydrogen) atoms. The molecular weight excluding hydrogens is 493 g/mol. The fourth-order valence-electron chi connectivity index (χ4n) is 5.02. The van der Waals surface area contributed by atoms with E-state index in [1.54, 1.807) is 36.4 Å². The minimum atomic E-state index is -4.47. The van der Waals surface area contributed by atoms with Gasteiger partial charge in [-0.05, 0) is 48.2 Å². The van der Waals surface area contributed by atoms with Gasteiger partial charge in [0.2, 0.25) is 11.8 Å². The van der Waals surface area contributed by atoms with E-state index in [4.69, 9.17) is 4.74 Å². The highest BCUT2D eigenvalue weighted by atomic mass is 19.4. The number of nitrogens with zero attached hydrogens (tertiary/aromatic N) is 2. The summed E-state index contributed by atoms with van der Waals surface area (Å²) in [7, 11) is 0. The first-order chi connectivity index (χ1) is 17.6. The molecule has 1 saturated heterocycles. The van der Waals surface area contributed by atoms with Crippen molar-refractivity contribution in [3.8, 4) is 0 Å². The lowest BCUT2D eigenvalue weighted by atomic mass is 10.0. The summed E-state index contributed by atoms with van der Waals surface area (Å²) in [6.45, 7) is -1.55. The maximum atomic E-state index is 13.3. The molecule has 3 aliphatic heterocycles. The van der Waals surface area contributed by atoms with Crippen molar-refractivity contribution in [3.63, 3.8) is 0 Å². The number of piperidine rings is 1. The van der Waals surface area contributed by atoms with Gasteiger partial charge in [-0.3, -0.25) is 24.6 Å². The van der Waals surface area contributed by atoms with Crippen LogP contribution in [0.5, 0.6) is 0 Å². The Kier molecular flexibility index (Phi) is 6.36. The quantitative estimate of drug-likeness (QED) is 0.595. The summed E-state index contributed by atoms with van der Waals surface area (Å²) in [6.07, 6.45) is -3.74. The zero-order valence-electron chi connectivity index (χ0n) is 19.5. The van der Waals surface area contributed by atoms with E-state index in [0.29, 0.717) is 28.9 Å². The summed E-state index contributed by atoms with van der Waals surface area (Å²) in [4.78, 5) is 52.7. The van der Waals surface area contributed by atoms with E-state index in [0.717, 1.165) is 5.56 Å². The van der Waals surface area contributed by atoms with Crippen molar-refractivity contribution in [2.75, 3.05) is 23.4 Å². The minimum Gasteiger partial charge on any atom is -0.370 e. The number of alkyl halides is 3. The van der Waals surface area contributed by atoms with E-state index in [1.807, 2.05) is 6.07 Å². The highest BCUT2D eigenvalue weighted by molar-refractivity contribution is 6.07. The number of nitrogens with one attached hydrogen (secondary N) is 2.